The molecule has 0 aliphatic carbocycles. The zero-order chi connectivity index (χ0) is 21.5. The van der Waals surface area contributed by atoms with E-state index in [0.717, 1.165) is 73.5 Å². The monoisotopic (exact) mass is 443 g/mol. The van der Waals surface area contributed by atoms with E-state index in [2.05, 4.69) is 26.2 Å². The van der Waals surface area contributed by atoms with Gasteiger partial charge in [0.05, 0.1) is 23.9 Å². The summed E-state index contributed by atoms with van der Waals surface area (Å²) in [5.74, 6) is 1.93. The number of guanidine groups is 1. The van der Waals surface area contributed by atoms with Crippen molar-refractivity contribution < 1.29 is 9.47 Å². The van der Waals surface area contributed by atoms with Crippen LogP contribution >= 0.6 is 11.6 Å². The number of hydrogen-bond donors (Lipinski definition) is 2. The number of rotatable bonds is 6. The van der Waals surface area contributed by atoms with E-state index >= 15 is 0 Å². The largest absolute Gasteiger partial charge is 0.490 e. The van der Waals surface area contributed by atoms with Crippen molar-refractivity contribution in [2.24, 2.45) is 10.7 Å². The Balaban J connectivity index is 1.18. The SMILES string of the molecule is NC(=NCCCN1CCN(c2ccccc2Cl)CC1)Nc1ccc2c(c1)OCCCO2. The van der Waals surface area contributed by atoms with E-state index in [1.807, 2.05) is 36.4 Å². The number of nitrogens with two attached hydrogens (primary N) is 1. The maximum atomic E-state index is 6.33. The lowest BCUT2D eigenvalue weighted by atomic mass is 10.2. The summed E-state index contributed by atoms with van der Waals surface area (Å²) in [6.45, 7) is 7.07. The van der Waals surface area contributed by atoms with Gasteiger partial charge in [0.2, 0.25) is 0 Å². The van der Waals surface area contributed by atoms with E-state index in [0.29, 0.717) is 25.7 Å². The van der Waals surface area contributed by atoms with E-state index in [4.69, 9.17) is 26.8 Å². The van der Waals surface area contributed by atoms with Crippen molar-refractivity contribution in [3.63, 3.8) is 0 Å². The van der Waals surface area contributed by atoms with Gasteiger partial charge in [0.1, 0.15) is 0 Å². The Morgan fingerprint density at radius 1 is 1.03 bits per heavy atom. The molecule has 2 aliphatic rings. The van der Waals surface area contributed by atoms with Gasteiger partial charge in [0.15, 0.2) is 17.5 Å². The highest BCUT2D eigenvalue weighted by atomic mass is 35.5. The average Bonchev–Trinajstić information content (AvgIpc) is 3.03. The van der Waals surface area contributed by atoms with Gasteiger partial charge in [-0.25, -0.2) is 0 Å². The molecule has 0 amide bonds. The normalized spacial score (nSPS) is 17.3. The van der Waals surface area contributed by atoms with Gasteiger partial charge in [-0.1, -0.05) is 23.7 Å². The van der Waals surface area contributed by atoms with Crippen molar-refractivity contribution in [2.45, 2.75) is 12.8 Å². The number of anilines is 2. The van der Waals surface area contributed by atoms with Gasteiger partial charge >= 0.3 is 0 Å². The molecule has 2 aromatic rings. The molecule has 0 atom stereocenters. The number of hydrogen-bond acceptors (Lipinski definition) is 5. The summed E-state index contributed by atoms with van der Waals surface area (Å²) in [5, 5.41) is 3.96. The highest BCUT2D eigenvalue weighted by Gasteiger charge is 2.18. The summed E-state index contributed by atoms with van der Waals surface area (Å²) < 4.78 is 11.4. The topological polar surface area (TPSA) is 75.4 Å². The second kappa shape index (κ2) is 10.6. The van der Waals surface area contributed by atoms with E-state index in [9.17, 15) is 0 Å². The van der Waals surface area contributed by atoms with Crippen LogP contribution in [0.3, 0.4) is 0 Å². The Kier molecular flexibility index (Phi) is 7.38. The molecular formula is C23H30ClN5O2. The molecule has 0 radical (unpaired) electrons. The van der Waals surface area contributed by atoms with Crippen molar-refractivity contribution in [3.05, 3.63) is 47.5 Å². The van der Waals surface area contributed by atoms with Crippen LogP contribution in [0.2, 0.25) is 5.02 Å². The van der Waals surface area contributed by atoms with Gasteiger partial charge < -0.3 is 25.4 Å². The fourth-order valence-corrected chi connectivity index (χ4v) is 4.10. The molecule has 8 heteroatoms. The Morgan fingerprint density at radius 2 is 1.81 bits per heavy atom. The van der Waals surface area contributed by atoms with E-state index in [-0.39, 0.29) is 0 Å². The molecule has 2 heterocycles. The number of nitrogens with zero attached hydrogens (tertiary/aromatic N) is 3. The Morgan fingerprint density at radius 3 is 2.61 bits per heavy atom. The first-order valence-electron chi connectivity index (χ1n) is 10.9. The second-order valence-electron chi connectivity index (χ2n) is 7.74. The van der Waals surface area contributed by atoms with Crippen molar-refractivity contribution in [3.8, 4) is 11.5 Å². The van der Waals surface area contributed by atoms with E-state index in [1.165, 1.54) is 0 Å². The van der Waals surface area contributed by atoms with Crippen LogP contribution in [0, 0.1) is 0 Å². The van der Waals surface area contributed by atoms with Crippen molar-refractivity contribution >= 4 is 28.9 Å². The quantitative estimate of drug-likeness (QED) is 0.404. The molecule has 1 fully saturated rings. The van der Waals surface area contributed by atoms with Crippen LogP contribution in [0.5, 0.6) is 11.5 Å². The summed E-state index contributed by atoms with van der Waals surface area (Å²) >= 11 is 6.33. The number of ether oxygens (including phenoxy) is 2. The Hall–Kier alpha value is -2.64. The van der Waals surface area contributed by atoms with Crippen molar-refractivity contribution in [1.29, 1.82) is 0 Å². The number of para-hydroxylation sites is 1. The lowest BCUT2D eigenvalue weighted by Crippen LogP contribution is -2.46. The molecule has 4 rings (SSSR count). The minimum Gasteiger partial charge on any atom is -0.490 e. The van der Waals surface area contributed by atoms with Crippen molar-refractivity contribution in [2.75, 3.05) is 62.7 Å². The lowest BCUT2D eigenvalue weighted by molar-refractivity contribution is 0.256. The molecule has 0 bridgehead atoms. The number of aliphatic imine (C=N–C) groups is 1. The van der Waals surface area contributed by atoms with E-state index < -0.39 is 0 Å². The molecule has 0 unspecified atom stereocenters. The highest BCUT2D eigenvalue weighted by molar-refractivity contribution is 6.33. The molecular weight excluding hydrogens is 414 g/mol. The number of nitrogens with one attached hydrogen (secondary N) is 1. The molecule has 1 saturated heterocycles. The molecule has 7 nitrogen and oxygen atoms in total. The van der Waals surface area contributed by atoms with Gasteiger partial charge in [-0.2, -0.15) is 0 Å². The van der Waals surface area contributed by atoms with Gasteiger partial charge in [-0.05, 0) is 30.7 Å². The molecule has 0 spiro atoms. The maximum Gasteiger partial charge on any atom is 0.193 e. The second-order valence-corrected chi connectivity index (χ2v) is 8.14. The number of fused-ring (bicyclic) bond motifs is 1. The molecule has 166 valence electrons. The first-order chi connectivity index (χ1) is 15.2. The third-order valence-electron chi connectivity index (χ3n) is 5.50. The van der Waals surface area contributed by atoms with Crippen LogP contribution < -0.4 is 25.4 Å². The predicted octanol–water partition coefficient (Wildman–Crippen LogP) is 3.44. The standard InChI is InChI=1S/C23H30ClN5O2/c24-19-5-1-2-6-20(19)29-13-11-28(12-14-29)10-3-9-26-23(25)27-18-7-8-21-22(17-18)31-16-4-15-30-21/h1-2,5-8,17H,3-4,9-16H2,(H3,25,26,27). The van der Waals surface area contributed by atoms with Gasteiger partial charge in [-0.15, -0.1) is 0 Å². The highest BCUT2D eigenvalue weighted by Crippen LogP contribution is 2.32. The maximum absolute atomic E-state index is 6.33. The molecule has 0 saturated carbocycles. The smallest absolute Gasteiger partial charge is 0.193 e. The van der Waals surface area contributed by atoms with Crippen LogP contribution in [0.15, 0.2) is 47.5 Å². The predicted molar refractivity (Wildman–Crippen MR) is 127 cm³/mol. The Labute approximate surface area is 188 Å². The van der Waals surface area contributed by atoms with Crippen molar-refractivity contribution in [1.82, 2.24) is 4.90 Å². The summed E-state index contributed by atoms with van der Waals surface area (Å²) in [6, 6.07) is 13.8. The number of benzene rings is 2. The third kappa shape index (κ3) is 5.95. The zero-order valence-electron chi connectivity index (χ0n) is 17.7. The minimum absolute atomic E-state index is 0.415. The average molecular weight is 444 g/mol. The molecule has 2 aromatic carbocycles. The van der Waals surface area contributed by atoms with Gasteiger partial charge in [0.25, 0.3) is 0 Å². The van der Waals surface area contributed by atoms with Crippen LogP contribution in [-0.2, 0) is 0 Å². The van der Waals surface area contributed by atoms with Crippen LogP contribution in [0.4, 0.5) is 11.4 Å². The fourth-order valence-electron chi connectivity index (χ4n) is 3.84. The number of halogens is 1. The molecule has 0 aromatic heterocycles. The zero-order valence-corrected chi connectivity index (χ0v) is 18.5. The summed E-state index contributed by atoms with van der Waals surface area (Å²) in [5.41, 5.74) is 8.04. The summed E-state index contributed by atoms with van der Waals surface area (Å²) in [4.78, 5) is 9.29. The summed E-state index contributed by atoms with van der Waals surface area (Å²) in [6.07, 6.45) is 1.85. The molecule has 31 heavy (non-hydrogen) atoms. The first kappa shape index (κ1) is 21.6. The molecule has 3 N–H and O–H groups in total. The molecule has 2 aliphatic heterocycles. The minimum atomic E-state index is 0.415. The van der Waals surface area contributed by atoms with Gasteiger partial charge in [-0.3, -0.25) is 9.89 Å². The third-order valence-corrected chi connectivity index (χ3v) is 5.82. The van der Waals surface area contributed by atoms with Crippen LogP contribution in [-0.4, -0.2) is 63.3 Å². The summed E-state index contributed by atoms with van der Waals surface area (Å²) in [7, 11) is 0. The Bertz CT molecular complexity index is 899. The fraction of sp³-hybridized carbons (Fsp3) is 0.435. The van der Waals surface area contributed by atoms with Crippen LogP contribution in [0.1, 0.15) is 12.8 Å². The lowest BCUT2D eigenvalue weighted by Gasteiger charge is -2.36. The van der Waals surface area contributed by atoms with Gasteiger partial charge in [0, 0.05) is 57.4 Å². The van der Waals surface area contributed by atoms with Crippen LogP contribution in [0.25, 0.3) is 0 Å². The number of piperazine rings is 1. The van der Waals surface area contributed by atoms with E-state index in [1.54, 1.807) is 0 Å². The first-order valence-corrected chi connectivity index (χ1v) is 11.3.